The monoisotopic (exact) mass is 306 g/mol. The van der Waals surface area contributed by atoms with E-state index in [9.17, 15) is 4.79 Å². The summed E-state index contributed by atoms with van der Waals surface area (Å²) in [4.78, 5) is 24.9. The number of nitrogens with zero attached hydrogens (tertiary/aromatic N) is 4. The average Bonchev–Trinajstić information content (AvgIpc) is 2.72. The number of carbonyl (C=O) groups is 1. The zero-order chi connectivity index (χ0) is 15.4. The third-order valence-corrected chi connectivity index (χ3v) is 4.10. The van der Waals surface area contributed by atoms with Crippen molar-refractivity contribution in [2.45, 2.75) is 19.4 Å². The average molecular weight is 306 g/mol. The molecule has 2 aliphatic rings. The highest BCUT2D eigenvalue weighted by Crippen LogP contribution is 2.16. The van der Waals surface area contributed by atoms with E-state index in [2.05, 4.69) is 19.8 Å². The van der Waals surface area contributed by atoms with Crippen LogP contribution in [0.25, 0.3) is 0 Å². The minimum Gasteiger partial charge on any atom is -0.462 e. The molecule has 7 nitrogen and oxygen atoms in total. The van der Waals surface area contributed by atoms with Crippen molar-refractivity contribution in [1.29, 1.82) is 0 Å². The van der Waals surface area contributed by atoms with Gasteiger partial charge in [-0.15, -0.1) is 0 Å². The number of ether oxygens (including phenoxy) is 2. The molecule has 0 aromatic carbocycles. The van der Waals surface area contributed by atoms with Gasteiger partial charge >= 0.3 is 5.97 Å². The second kappa shape index (κ2) is 7.02. The Hall–Kier alpha value is -1.73. The Morgan fingerprint density at radius 3 is 2.68 bits per heavy atom. The fourth-order valence-electron chi connectivity index (χ4n) is 2.74. The standard InChI is InChI=1S/C15H22N4O3/c1-2-22-14(20)12-8-16-15(17-9-12)19-5-3-4-18(6-7-19)13-10-21-11-13/h8-9,13H,2-7,10-11H2,1H3. The summed E-state index contributed by atoms with van der Waals surface area (Å²) in [6.45, 7) is 7.76. The van der Waals surface area contributed by atoms with Crippen molar-refractivity contribution in [3.63, 3.8) is 0 Å². The summed E-state index contributed by atoms with van der Waals surface area (Å²) in [7, 11) is 0. The molecule has 1 aromatic rings. The minimum atomic E-state index is -0.374. The number of anilines is 1. The van der Waals surface area contributed by atoms with Gasteiger partial charge in [-0.2, -0.15) is 0 Å². The Bertz CT molecular complexity index is 504. The lowest BCUT2D eigenvalue weighted by Gasteiger charge is -2.36. The Morgan fingerprint density at radius 2 is 2.05 bits per heavy atom. The van der Waals surface area contributed by atoms with Gasteiger partial charge in [0.1, 0.15) is 0 Å². The predicted molar refractivity (Wildman–Crippen MR) is 81.0 cm³/mol. The van der Waals surface area contributed by atoms with Gasteiger partial charge in [-0.1, -0.05) is 0 Å². The van der Waals surface area contributed by atoms with Gasteiger partial charge in [0, 0.05) is 38.6 Å². The SMILES string of the molecule is CCOC(=O)c1cnc(N2CCCN(C3COC3)CC2)nc1. The highest BCUT2D eigenvalue weighted by molar-refractivity contribution is 5.88. The van der Waals surface area contributed by atoms with Crippen molar-refractivity contribution in [3.05, 3.63) is 18.0 Å². The van der Waals surface area contributed by atoms with E-state index in [1.165, 1.54) is 0 Å². The van der Waals surface area contributed by atoms with Crippen molar-refractivity contribution in [1.82, 2.24) is 14.9 Å². The summed E-state index contributed by atoms with van der Waals surface area (Å²) in [5, 5.41) is 0. The van der Waals surface area contributed by atoms with Crippen molar-refractivity contribution in [2.24, 2.45) is 0 Å². The van der Waals surface area contributed by atoms with E-state index in [-0.39, 0.29) is 5.97 Å². The topological polar surface area (TPSA) is 67.8 Å². The minimum absolute atomic E-state index is 0.355. The zero-order valence-electron chi connectivity index (χ0n) is 12.9. The van der Waals surface area contributed by atoms with Gasteiger partial charge in [0.25, 0.3) is 0 Å². The van der Waals surface area contributed by atoms with Crippen LogP contribution in [0.4, 0.5) is 5.95 Å². The molecular weight excluding hydrogens is 284 g/mol. The van der Waals surface area contributed by atoms with Gasteiger partial charge in [0.2, 0.25) is 5.95 Å². The molecule has 1 aromatic heterocycles. The third-order valence-electron chi connectivity index (χ3n) is 4.10. The van der Waals surface area contributed by atoms with Crippen molar-refractivity contribution >= 4 is 11.9 Å². The van der Waals surface area contributed by atoms with Crippen LogP contribution in [0, 0.1) is 0 Å². The molecular formula is C15H22N4O3. The Morgan fingerprint density at radius 1 is 1.27 bits per heavy atom. The number of hydrogen-bond acceptors (Lipinski definition) is 7. The zero-order valence-corrected chi connectivity index (χ0v) is 12.9. The molecule has 2 saturated heterocycles. The molecule has 0 saturated carbocycles. The van der Waals surface area contributed by atoms with Gasteiger partial charge in [0.05, 0.1) is 31.4 Å². The van der Waals surface area contributed by atoms with Crippen LogP contribution in [0.15, 0.2) is 12.4 Å². The highest BCUT2D eigenvalue weighted by Gasteiger charge is 2.28. The van der Waals surface area contributed by atoms with E-state index in [1.807, 2.05) is 0 Å². The first-order valence-electron chi connectivity index (χ1n) is 7.84. The Balaban J connectivity index is 1.60. The maximum absolute atomic E-state index is 11.6. The van der Waals surface area contributed by atoms with E-state index in [1.54, 1.807) is 19.3 Å². The molecule has 0 atom stereocenters. The highest BCUT2D eigenvalue weighted by atomic mass is 16.5. The molecule has 2 fully saturated rings. The summed E-state index contributed by atoms with van der Waals surface area (Å²) in [5.41, 5.74) is 0.397. The lowest BCUT2D eigenvalue weighted by Crippen LogP contribution is -2.50. The molecule has 3 rings (SSSR count). The van der Waals surface area contributed by atoms with E-state index in [0.29, 0.717) is 24.2 Å². The summed E-state index contributed by atoms with van der Waals surface area (Å²) in [6.07, 6.45) is 4.17. The first-order chi connectivity index (χ1) is 10.8. The van der Waals surface area contributed by atoms with E-state index < -0.39 is 0 Å². The van der Waals surface area contributed by atoms with Crippen LogP contribution in [0.1, 0.15) is 23.7 Å². The molecule has 0 bridgehead atoms. The quantitative estimate of drug-likeness (QED) is 0.753. The fourth-order valence-corrected chi connectivity index (χ4v) is 2.74. The van der Waals surface area contributed by atoms with Crippen molar-refractivity contribution in [2.75, 3.05) is 50.9 Å². The lowest BCUT2D eigenvalue weighted by atomic mass is 10.2. The van der Waals surface area contributed by atoms with Crippen LogP contribution in [0.5, 0.6) is 0 Å². The van der Waals surface area contributed by atoms with Gasteiger partial charge < -0.3 is 14.4 Å². The first kappa shape index (κ1) is 15.2. The maximum Gasteiger partial charge on any atom is 0.341 e. The van der Waals surface area contributed by atoms with Gasteiger partial charge in [-0.25, -0.2) is 14.8 Å². The molecule has 120 valence electrons. The predicted octanol–water partition coefficient (Wildman–Crippen LogP) is 0.564. The summed E-state index contributed by atoms with van der Waals surface area (Å²) in [6, 6.07) is 0.576. The van der Waals surface area contributed by atoms with Crippen molar-refractivity contribution in [3.8, 4) is 0 Å². The van der Waals surface area contributed by atoms with Crippen molar-refractivity contribution < 1.29 is 14.3 Å². The fraction of sp³-hybridized carbons (Fsp3) is 0.667. The van der Waals surface area contributed by atoms with Crippen LogP contribution < -0.4 is 4.90 Å². The van der Waals surface area contributed by atoms with Crippen LogP contribution in [0.2, 0.25) is 0 Å². The van der Waals surface area contributed by atoms with Crippen LogP contribution in [-0.4, -0.2) is 72.9 Å². The Kier molecular flexibility index (Phi) is 4.84. The number of esters is 1. The molecule has 0 radical (unpaired) electrons. The number of hydrogen-bond donors (Lipinski definition) is 0. The Labute approximate surface area is 130 Å². The molecule has 0 amide bonds. The normalized spacial score (nSPS) is 20.3. The van der Waals surface area contributed by atoms with Crippen LogP contribution in [0.3, 0.4) is 0 Å². The van der Waals surface area contributed by atoms with Gasteiger partial charge in [-0.05, 0) is 13.3 Å². The van der Waals surface area contributed by atoms with Crippen LogP contribution >= 0.6 is 0 Å². The third kappa shape index (κ3) is 3.36. The molecule has 0 aliphatic carbocycles. The first-order valence-corrected chi connectivity index (χ1v) is 7.84. The number of rotatable bonds is 4. The molecule has 0 N–H and O–H groups in total. The molecule has 3 heterocycles. The number of carbonyl (C=O) groups excluding carboxylic acids is 1. The molecule has 7 heteroatoms. The van der Waals surface area contributed by atoms with E-state index in [0.717, 1.165) is 45.8 Å². The van der Waals surface area contributed by atoms with Gasteiger partial charge in [-0.3, -0.25) is 4.90 Å². The summed E-state index contributed by atoms with van der Waals surface area (Å²) >= 11 is 0. The van der Waals surface area contributed by atoms with E-state index in [4.69, 9.17) is 9.47 Å². The van der Waals surface area contributed by atoms with Gasteiger partial charge in [0.15, 0.2) is 0 Å². The summed E-state index contributed by atoms with van der Waals surface area (Å²) in [5.74, 6) is 0.306. The van der Waals surface area contributed by atoms with E-state index >= 15 is 0 Å². The second-order valence-corrected chi connectivity index (χ2v) is 5.56. The maximum atomic E-state index is 11.6. The lowest BCUT2D eigenvalue weighted by molar-refractivity contribution is -0.0625. The summed E-state index contributed by atoms with van der Waals surface area (Å²) < 4.78 is 10.2. The smallest absolute Gasteiger partial charge is 0.341 e. The molecule has 0 spiro atoms. The molecule has 0 unspecified atom stereocenters. The van der Waals surface area contributed by atoms with Crippen LogP contribution in [-0.2, 0) is 9.47 Å². The number of aromatic nitrogens is 2. The largest absolute Gasteiger partial charge is 0.462 e. The molecule has 22 heavy (non-hydrogen) atoms. The molecule has 2 aliphatic heterocycles. The second-order valence-electron chi connectivity index (χ2n) is 5.56.